The number of unbranched alkanes of at least 4 members (excludes halogenated alkanes) is 12. The van der Waals surface area contributed by atoms with Gasteiger partial charge in [-0.1, -0.05) is 76.9 Å². The topological polar surface area (TPSA) is 119 Å². The smallest absolute Gasteiger partial charge is 0.280 e. The Balaban J connectivity index is 1.53. The maximum absolute atomic E-state index is 12.0. The number of hydrogen-bond donors (Lipinski definition) is 3. The van der Waals surface area contributed by atoms with Crippen LogP contribution in [0.1, 0.15) is 110 Å². The van der Waals surface area contributed by atoms with Gasteiger partial charge in [-0.15, -0.1) is 0 Å². The van der Waals surface area contributed by atoms with Crippen molar-refractivity contribution in [2.24, 2.45) is 0 Å². The van der Waals surface area contributed by atoms with E-state index in [1.807, 2.05) is 6.92 Å². The molecular formula is C27H47N5O3. The molecule has 2 atom stereocenters. The Bertz CT molecular complexity index is 908. The van der Waals surface area contributed by atoms with Gasteiger partial charge >= 0.3 is 0 Å². The van der Waals surface area contributed by atoms with Crippen molar-refractivity contribution >= 4 is 17.1 Å². The minimum Gasteiger partial charge on any atom is -0.394 e. The number of H-pyrrole nitrogens is 1. The maximum atomic E-state index is 12.0. The Morgan fingerprint density at radius 1 is 1.03 bits per heavy atom. The fourth-order valence-corrected chi connectivity index (χ4v) is 4.35. The first-order valence-electron chi connectivity index (χ1n) is 13.7. The lowest BCUT2D eigenvalue weighted by Gasteiger charge is -2.24. The van der Waals surface area contributed by atoms with E-state index in [1.165, 1.54) is 77.0 Å². The Kier molecular flexibility index (Phi) is 14.3. The highest BCUT2D eigenvalue weighted by Gasteiger charge is 2.22. The number of nitrogen functional groups attached to an aromatic ring is 1. The van der Waals surface area contributed by atoms with Gasteiger partial charge in [0.1, 0.15) is 6.10 Å². The molecule has 8 heteroatoms. The van der Waals surface area contributed by atoms with E-state index in [-0.39, 0.29) is 29.7 Å². The second kappa shape index (κ2) is 17.3. The SMILES string of the molecule is CCCCCCCCC=CCCCCCCCCOC(CO)C(C)n1cnc2c(=O)[nH]c(N)nc21. The normalized spacial score (nSPS) is 13.7. The summed E-state index contributed by atoms with van der Waals surface area (Å²) in [6.45, 7) is 4.66. The number of aliphatic hydroxyl groups excluding tert-OH is 1. The second-order valence-corrected chi connectivity index (χ2v) is 9.55. The van der Waals surface area contributed by atoms with Gasteiger partial charge in [-0.25, -0.2) is 4.98 Å². The number of anilines is 1. The van der Waals surface area contributed by atoms with E-state index in [9.17, 15) is 9.90 Å². The van der Waals surface area contributed by atoms with E-state index in [0.717, 1.165) is 12.8 Å². The lowest BCUT2D eigenvalue weighted by atomic mass is 10.1. The highest BCUT2D eigenvalue weighted by atomic mass is 16.5. The molecule has 0 spiro atoms. The molecule has 0 aliphatic rings. The number of hydrogen-bond acceptors (Lipinski definition) is 6. The van der Waals surface area contributed by atoms with Crippen LogP contribution >= 0.6 is 0 Å². The number of nitrogens with one attached hydrogen (secondary N) is 1. The largest absolute Gasteiger partial charge is 0.394 e. The molecule has 198 valence electrons. The molecule has 2 heterocycles. The molecule has 0 aliphatic heterocycles. The number of aromatic nitrogens is 4. The third kappa shape index (κ3) is 10.5. The van der Waals surface area contributed by atoms with Crippen molar-refractivity contribution in [3.63, 3.8) is 0 Å². The van der Waals surface area contributed by atoms with E-state index in [2.05, 4.69) is 34.0 Å². The van der Waals surface area contributed by atoms with Crippen LogP contribution in [0.25, 0.3) is 11.2 Å². The number of nitrogens with zero attached hydrogens (tertiary/aromatic N) is 3. The average molecular weight is 490 g/mol. The molecule has 0 saturated carbocycles. The summed E-state index contributed by atoms with van der Waals surface area (Å²) in [5.41, 5.74) is 5.94. The second-order valence-electron chi connectivity index (χ2n) is 9.55. The molecule has 2 aromatic heterocycles. The maximum Gasteiger partial charge on any atom is 0.280 e. The third-order valence-corrected chi connectivity index (χ3v) is 6.60. The monoisotopic (exact) mass is 489 g/mol. The van der Waals surface area contributed by atoms with Gasteiger partial charge in [0.15, 0.2) is 11.2 Å². The summed E-state index contributed by atoms with van der Waals surface area (Å²) in [6, 6.07) is -0.229. The molecular weight excluding hydrogens is 442 g/mol. The summed E-state index contributed by atoms with van der Waals surface area (Å²) in [4.78, 5) is 22.8. The molecule has 0 aliphatic carbocycles. The van der Waals surface area contributed by atoms with Crippen LogP contribution in [0.15, 0.2) is 23.3 Å². The van der Waals surface area contributed by atoms with Crippen molar-refractivity contribution in [1.82, 2.24) is 19.5 Å². The first-order valence-corrected chi connectivity index (χ1v) is 13.7. The van der Waals surface area contributed by atoms with Crippen LogP contribution < -0.4 is 11.3 Å². The van der Waals surface area contributed by atoms with Crippen molar-refractivity contribution in [3.8, 4) is 0 Å². The van der Waals surface area contributed by atoms with Gasteiger partial charge in [-0.2, -0.15) is 4.98 Å². The highest BCUT2D eigenvalue weighted by Crippen LogP contribution is 2.19. The van der Waals surface area contributed by atoms with E-state index in [0.29, 0.717) is 12.3 Å². The fraction of sp³-hybridized carbons (Fsp3) is 0.741. The fourth-order valence-electron chi connectivity index (χ4n) is 4.35. The predicted molar refractivity (Wildman–Crippen MR) is 144 cm³/mol. The zero-order chi connectivity index (χ0) is 25.3. The van der Waals surface area contributed by atoms with Gasteiger partial charge in [0.2, 0.25) is 5.95 Å². The first kappa shape index (κ1) is 29.0. The van der Waals surface area contributed by atoms with Crippen LogP contribution in [0, 0.1) is 0 Å². The van der Waals surface area contributed by atoms with Crippen molar-refractivity contribution in [2.45, 2.75) is 116 Å². The molecule has 0 aromatic carbocycles. The van der Waals surface area contributed by atoms with Crippen LogP contribution in [0.2, 0.25) is 0 Å². The average Bonchev–Trinajstić information content (AvgIpc) is 3.27. The molecule has 0 fully saturated rings. The molecule has 0 radical (unpaired) electrons. The number of rotatable bonds is 20. The molecule has 0 bridgehead atoms. The van der Waals surface area contributed by atoms with E-state index in [4.69, 9.17) is 10.5 Å². The van der Waals surface area contributed by atoms with Gasteiger partial charge in [0.05, 0.1) is 19.0 Å². The molecule has 2 rings (SSSR count). The molecule has 0 amide bonds. The van der Waals surface area contributed by atoms with E-state index < -0.39 is 6.10 Å². The van der Waals surface area contributed by atoms with Gasteiger partial charge in [-0.3, -0.25) is 9.78 Å². The molecule has 35 heavy (non-hydrogen) atoms. The van der Waals surface area contributed by atoms with Crippen LogP contribution in [-0.2, 0) is 4.74 Å². The van der Waals surface area contributed by atoms with Crippen molar-refractivity contribution in [1.29, 1.82) is 0 Å². The van der Waals surface area contributed by atoms with Gasteiger partial charge in [-0.05, 0) is 39.0 Å². The molecule has 2 aromatic rings. The zero-order valence-corrected chi connectivity index (χ0v) is 21.9. The van der Waals surface area contributed by atoms with Crippen molar-refractivity contribution in [3.05, 3.63) is 28.8 Å². The zero-order valence-electron chi connectivity index (χ0n) is 21.9. The molecule has 0 saturated heterocycles. The molecule has 4 N–H and O–H groups in total. The number of allylic oxidation sites excluding steroid dienone is 2. The van der Waals surface area contributed by atoms with Crippen LogP contribution in [0.5, 0.6) is 0 Å². The van der Waals surface area contributed by atoms with Gasteiger partial charge < -0.3 is 20.1 Å². The summed E-state index contributed by atoms with van der Waals surface area (Å²) in [5, 5.41) is 9.83. The quantitative estimate of drug-likeness (QED) is 0.163. The minimum absolute atomic E-state index is 0.0436. The van der Waals surface area contributed by atoms with E-state index in [1.54, 1.807) is 10.9 Å². The summed E-state index contributed by atoms with van der Waals surface area (Å²) < 4.78 is 7.69. The summed E-state index contributed by atoms with van der Waals surface area (Å²) in [5.74, 6) is 0.0436. The highest BCUT2D eigenvalue weighted by molar-refractivity contribution is 5.70. The van der Waals surface area contributed by atoms with Crippen LogP contribution in [0.3, 0.4) is 0 Å². The van der Waals surface area contributed by atoms with Crippen molar-refractivity contribution in [2.75, 3.05) is 18.9 Å². The predicted octanol–water partition coefficient (Wildman–Crippen LogP) is 5.68. The third-order valence-electron chi connectivity index (χ3n) is 6.60. The number of ether oxygens (including phenoxy) is 1. The molecule has 2 unspecified atom stereocenters. The van der Waals surface area contributed by atoms with Gasteiger partial charge in [0.25, 0.3) is 5.56 Å². The summed E-state index contributed by atoms with van der Waals surface area (Å²) in [7, 11) is 0. The summed E-state index contributed by atoms with van der Waals surface area (Å²) >= 11 is 0. The summed E-state index contributed by atoms with van der Waals surface area (Å²) in [6.07, 6.45) is 23.6. The van der Waals surface area contributed by atoms with Gasteiger partial charge in [0, 0.05) is 6.61 Å². The number of imidazole rings is 1. The first-order chi connectivity index (χ1) is 17.1. The Morgan fingerprint density at radius 2 is 1.63 bits per heavy atom. The standard InChI is InChI=1S/C27H47N5O3/c1-3-4-5-6-7-8-9-10-11-12-13-14-15-16-17-18-19-35-23(20-33)22(2)32-21-29-24-25(32)30-27(28)31-26(24)34/h10-11,21-23,33H,3-9,12-20H2,1-2H3,(H3,28,30,31,34). The minimum atomic E-state index is -0.405. The lowest BCUT2D eigenvalue weighted by molar-refractivity contribution is -0.0156. The van der Waals surface area contributed by atoms with Crippen LogP contribution in [0.4, 0.5) is 5.95 Å². The number of nitrogens with two attached hydrogens (primary N) is 1. The van der Waals surface area contributed by atoms with Crippen LogP contribution in [-0.4, -0.2) is 43.9 Å². The number of aliphatic hydroxyl groups is 1. The lowest BCUT2D eigenvalue weighted by Crippen LogP contribution is -2.29. The molecule has 8 nitrogen and oxygen atoms in total. The van der Waals surface area contributed by atoms with Crippen molar-refractivity contribution < 1.29 is 9.84 Å². The van der Waals surface area contributed by atoms with E-state index >= 15 is 0 Å². The number of fused-ring (bicyclic) bond motifs is 1. The Morgan fingerprint density at radius 3 is 2.26 bits per heavy atom. The Hall–Kier alpha value is -2.19. The number of aromatic amines is 1. The Labute approximate surface area is 210 Å².